The third-order valence-electron chi connectivity index (χ3n) is 7.19. The summed E-state index contributed by atoms with van der Waals surface area (Å²) in [6.07, 6.45) is 1.64. The van der Waals surface area contributed by atoms with Gasteiger partial charge in [-0.3, -0.25) is 9.59 Å². The summed E-state index contributed by atoms with van der Waals surface area (Å²) in [6, 6.07) is 15.5. The van der Waals surface area contributed by atoms with Gasteiger partial charge in [-0.15, -0.1) is 0 Å². The molecule has 0 unspecified atom stereocenters. The van der Waals surface area contributed by atoms with E-state index < -0.39 is 11.1 Å². The van der Waals surface area contributed by atoms with E-state index in [-0.39, 0.29) is 23.0 Å². The number of allylic oxidation sites excluding steroid dienone is 1. The van der Waals surface area contributed by atoms with Crippen LogP contribution >= 0.6 is 0 Å². The third kappa shape index (κ3) is 1.83. The number of carbonyl (C=O) groups is 2. The predicted molar refractivity (Wildman–Crippen MR) is 117 cm³/mol. The third-order valence-corrected chi connectivity index (χ3v) is 7.19. The fraction of sp³-hybridized carbons (Fsp3) is 0.269. The zero-order valence-electron chi connectivity index (χ0n) is 17.9. The molecule has 0 radical (unpaired) electrons. The minimum absolute atomic E-state index is 0.0355. The highest BCUT2D eigenvalue weighted by molar-refractivity contribution is 6.20. The average Bonchev–Trinajstić information content (AvgIpc) is 3.24. The lowest BCUT2D eigenvalue weighted by Gasteiger charge is -2.42. The van der Waals surface area contributed by atoms with E-state index in [1.54, 1.807) is 12.1 Å². The molecule has 158 valence electrons. The van der Waals surface area contributed by atoms with E-state index in [1.165, 1.54) is 0 Å². The van der Waals surface area contributed by atoms with Crippen LogP contribution in [-0.4, -0.2) is 11.6 Å². The Kier molecular flexibility index (Phi) is 3.47. The number of nitriles is 1. The number of fused-ring (bicyclic) bond motifs is 1. The Morgan fingerprint density at radius 1 is 1.09 bits per heavy atom. The molecule has 2 N–H and O–H groups in total. The van der Waals surface area contributed by atoms with E-state index in [2.05, 4.69) is 12.1 Å². The predicted octanol–water partition coefficient (Wildman–Crippen LogP) is 3.89. The molecule has 6 nitrogen and oxygen atoms in total. The number of rotatable bonds is 1. The fourth-order valence-corrected chi connectivity index (χ4v) is 6.31. The van der Waals surface area contributed by atoms with Crippen molar-refractivity contribution >= 4 is 17.3 Å². The lowest BCUT2D eigenvalue weighted by Crippen LogP contribution is -2.52. The smallest absolute Gasteiger partial charge is 0.238 e. The molecule has 0 saturated heterocycles. The maximum absolute atomic E-state index is 14.2. The molecule has 2 aromatic rings. The van der Waals surface area contributed by atoms with Gasteiger partial charge in [-0.2, -0.15) is 5.26 Å². The molecule has 32 heavy (non-hydrogen) atoms. The molecular weight excluding hydrogens is 402 g/mol. The van der Waals surface area contributed by atoms with Crippen molar-refractivity contribution in [3.8, 4) is 6.07 Å². The molecule has 2 heterocycles. The Balaban J connectivity index is 1.80. The van der Waals surface area contributed by atoms with Gasteiger partial charge in [0.2, 0.25) is 11.6 Å². The number of hydrogen-bond acceptors (Lipinski definition) is 6. The first-order valence-electron chi connectivity index (χ1n) is 10.8. The maximum Gasteiger partial charge on any atom is 0.238 e. The van der Waals surface area contributed by atoms with Crippen LogP contribution < -0.4 is 10.6 Å². The number of aryl methyl sites for hydroxylation is 2. The number of ether oxygens (including phenoxy) is 1. The standard InChI is InChI=1S/C26H21N3O3/c1-14-10-15(2)12-16(11-14)29-20-8-5-9-21(30)22(20)25-19(13-27)24(28)32-26(25,29)18-7-4-3-6-17(18)23(25)31/h3-4,6-7,10-12H,5,8-9,28H2,1-2H3/t25-,26-/m0/s1. The zero-order valence-corrected chi connectivity index (χ0v) is 17.9. The van der Waals surface area contributed by atoms with Crippen LogP contribution in [0, 0.1) is 30.6 Å². The van der Waals surface area contributed by atoms with Gasteiger partial charge >= 0.3 is 0 Å². The van der Waals surface area contributed by atoms with Crippen molar-refractivity contribution in [1.29, 1.82) is 5.26 Å². The summed E-state index contributed by atoms with van der Waals surface area (Å²) >= 11 is 0. The van der Waals surface area contributed by atoms with Gasteiger partial charge in [-0.25, -0.2) is 0 Å². The SMILES string of the molecule is Cc1cc(C)cc(N2C3=C(C(=O)CCC3)[C@@]34C(=O)c5ccccc5[C@@]23OC(N)=C4C#N)c1. The average molecular weight is 423 g/mol. The first kappa shape index (κ1) is 18.9. The Hall–Kier alpha value is -3.85. The van der Waals surface area contributed by atoms with E-state index >= 15 is 0 Å². The molecule has 2 aromatic carbocycles. The first-order valence-corrected chi connectivity index (χ1v) is 10.8. The summed E-state index contributed by atoms with van der Waals surface area (Å²) < 4.78 is 6.42. The molecule has 6 heteroatoms. The van der Waals surface area contributed by atoms with Gasteiger partial charge in [-0.05, 0) is 49.9 Å². The van der Waals surface area contributed by atoms with Crippen LogP contribution in [0.2, 0.25) is 0 Å². The van der Waals surface area contributed by atoms with Crippen molar-refractivity contribution in [3.05, 3.63) is 87.4 Å². The van der Waals surface area contributed by atoms with Gasteiger partial charge in [0.15, 0.2) is 17.0 Å². The monoisotopic (exact) mass is 423 g/mol. The Morgan fingerprint density at radius 3 is 2.53 bits per heavy atom. The van der Waals surface area contributed by atoms with Crippen molar-refractivity contribution in [2.45, 2.75) is 38.8 Å². The van der Waals surface area contributed by atoms with Crippen molar-refractivity contribution in [2.75, 3.05) is 4.90 Å². The minimum Gasteiger partial charge on any atom is -0.446 e. The molecule has 4 aliphatic rings. The zero-order chi connectivity index (χ0) is 22.4. The highest BCUT2D eigenvalue weighted by Crippen LogP contribution is 2.72. The molecule has 0 amide bonds. The summed E-state index contributed by atoms with van der Waals surface area (Å²) in [5, 5.41) is 10.2. The Morgan fingerprint density at radius 2 is 1.81 bits per heavy atom. The summed E-state index contributed by atoms with van der Waals surface area (Å²) in [5.41, 5.74) is 8.47. The normalized spacial score (nSPS) is 27.7. The number of nitrogens with two attached hydrogens (primary N) is 1. The van der Waals surface area contributed by atoms with Gasteiger partial charge in [0.25, 0.3) is 0 Å². The van der Waals surface area contributed by atoms with Crippen LogP contribution in [-0.2, 0) is 15.3 Å². The minimum atomic E-state index is -1.58. The van der Waals surface area contributed by atoms with Crippen molar-refractivity contribution < 1.29 is 14.3 Å². The molecule has 6 rings (SSSR count). The van der Waals surface area contributed by atoms with Gasteiger partial charge in [0.1, 0.15) is 11.6 Å². The quantitative estimate of drug-likeness (QED) is 0.748. The van der Waals surface area contributed by atoms with Crippen LogP contribution in [0.3, 0.4) is 0 Å². The lowest BCUT2D eigenvalue weighted by atomic mass is 9.66. The molecule has 0 aromatic heterocycles. The van der Waals surface area contributed by atoms with Crippen LogP contribution in [0.15, 0.2) is 65.2 Å². The second kappa shape index (κ2) is 5.89. The number of anilines is 1. The van der Waals surface area contributed by atoms with Crippen LogP contribution in [0.4, 0.5) is 5.69 Å². The highest BCUT2D eigenvalue weighted by Gasteiger charge is 2.81. The van der Waals surface area contributed by atoms with E-state index in [0.29, 0.717) is 36.0 Å². The Labute approximate surface area is 185 Å². The maximum atomic E-state index is 14.2. The summed E-state index contributed by atoms with van der Waals surface area (Å²) in [4.78, 5) is 29.6. The van der Waals surface area contributed by atoms with Gasteiger partial charge in [0, 0.05) is 34.5 Å². The largest absolute Gasteiger partial charge is 0.446 e. The molecule has 0 bridgehead atoms. The molecule has 2 atom stereocenters. The van der Waals surface area contributed by atoms with Gasteiger partial charge in [0.05, 0.1) is 0 Å². The summed E-state index contributed by atoms with van der Waals surface area (Å²) in [6.45, 7) is 4.02. The molecule has 2 aliphatic carbocycles. The number of carbonyl (C=O) groups excluding carboxylic acids is 2. The van der Waals surface area contributed by atoms with E-state index in [4.69, 9.17) is 10.5 Å². The highest BCUT2D eigenvalue weighted by atomic mass is 16.5. The molecular formula is C26H21N3O3. The first-order chi connectivity index (χ1) is 15.4. The van der Waals surface area contributed by atoms with Crippen LogP contribution in [0.1, 0.15) is 46.3 Å². The number of ketones is 2. The Bertz CT molecular complexity index is 1360. The molecule has 0 spiro atoms. The number of Topliss-reactive ketones (excluding diaryl/α,β-unsaturated/α-hetero) is 2. The van der Waals surface area contributed by atoms with E-state index in [1.807, 2.05) is 43.0 Å². The second-order valence-electron chi connectivity index (χ2n) is 9.00. The van der Waals surface area contributed by atoms with Crippen molar-refractivity contribution in [1.82, 2.24) is 0 Å². The van der Waals surface area contributed by atoms with E-state index in [0.717, 1.165) is 22.5 Å². The fourth-order valence-electron chi connectivity index (χ4n) is 6.31. The lowest BCUT2D eigenvalue weighted by molar-refractivity contribution is -0.117. The molecule has 0 saturated carbocycles. The summed E-state index contributed by atoms with van der Waals surface area (Å²) in [5.74, 6) is -0.496. The number of nitrogens with zero attached hydrogens (tertiary/aromatic N) is 2. The van der Waals surface area contributed by atoms with E-state index in [9.17, 15) is 14.9 Å². The molecule has 2 aliphatic heterocycles. The number of benzene rings is 2. The van der Waals surface area contributed by atoms with Crippen molar-refractivity contribution in [2.24, 2.45) is 11.1 Å². The topological polar surface area (TPSA) is 96.4 Å². The van der Waals surface area contributed by atoms with Gasteiger partial charge < -0.3 is 15.4 Å². The number of hydrogen-bond donors (Lipinski definition) is 1. The van der Waals surface area contributed by atoms with Crippen LogP contribution in [0.25, 0.3) is 0 Å². The van der Waals surface area contributed by atoms with Gasteiger partial charge in [-0.1, -0.05) is 30.3 Å². The molecule has 0 fully saturated rings. The van der Waals surface area contributed by atoms with Crippen molar-refractivity contribution in [3.63, 3.8) is 0 Å². The van der Waals surface area contributed by atoms with Crippen LogP contribution in [0.5, 0.6) is 0 Å². The summed E-state index contributed by atoms with van der Waals surface area (Å²) in [7, 11) is 0. The second-order valence-corrected chi connectivity index (χ2v) is 9.00.